The molecule has 6 nitrogen and oxygen atoms in total. The zero-order chi connectivity index (χ0) is 17.1. The highest BCUT2D eigenvalue weighted by Crippen LogP contribution is 2.37. The Hall–Kier alpha value is -2.18. The Morgan fingerprint density at radius 2 is 1.92 bits per heavy atom. The van der Waals surface area contributed by atoms with Crippen molar-refractivity contribution in [2.45, 2.75) is 12.5 Å². The summed E-state index contributed by atoms with van der Waals surface area (Å²) in [5, 5.41) is 2.96. The lowest BCUT2D eigenvalue weighted by molar-refractivity contribution is 0.0356. The number of para-hydroxylation sites is 1. The number of anilines is 2. The normalized spacial score (nSPS) is 20.5. The summed E-state index contributed by atoms with van der Waals surface area (Å²) in [6.07, 6.45) is 3.83. The molecule has 0 saturated carbocycles. The van der Waals surface area contributed by atoms with E-state index in [0.29, 0.717) is 11.9 Å². The average molecular weight is 339 g/mol. The van der Waals surface area contributed by atoms with E-state index in [-0.39, 0.29) is 0 Å². The minimum absolute atomic E-state index is 0.548. The first-order chi connectivity index (χ1) is 12.3. The SMILES string of the molecule is CNc1ncc(CN2CC(CN3CCOCC3)c3ccccc32)cn1. The fourth-order valence-electron chi connectivity index (χ4n) is 3.77. The molecule has 1 atom stereocenters. The van der Waals surface area contributed by atoms with E-state index in [9.17, 15) is 0 Å². The maximum absolute atomic E-state index is 5.48. The van der Waals surface area contributed by atoms with Gasteiger partial charge in [0.25, 0.3) is 0 Å². The van der Waals surface area contributed by atoms with Crippen molar-refractivity contribution in [3.05, 3.63) is 47.8 Å². The molecule has 2 aliphatic rings. The molecule has 0 spiro atoms. The van der Waals surface area contributed by atoms with Gasteiger partial charge in [0, 0.05) is 69.3 Å². The maximum atomic E-state index is 5.48. The van der Waals surface area contributed by atoms with Crippen molar-refractivity contribution in [3.8, 4) is 0 Å². The second-order valence-corrected chi connectivity index (χ2v) is 6.71. The molecule has 2 aromatic rings. The van der Waals surface area contributed by atoms with Gasteiger partial charge in [0.1, 0.15) is 0 Å². The van der Waals surface area contributed by atoms with Crippen molar-refractivity contribution in [2.75, 3.05) is 56.7 Å². The van der Waals surface area contributed by atoms with Gasteiger partial charge in [-0.3, -0.25) is 4.90 Å². The van der Waals surface area contributed by atoms with E-state index in [2.05, 4.69) is 49.4 Å². The largest absolute Gasteiger partial charge is 0.379 e. The maximum Gasteiger partial charge on any atom is 0.222 e. The van der Waals surface area contributed by atoms with Crippen molar-refractivity contribution in [1.29, 1.82) is 0 Å². The molecule has 132 valence electrons. The number of ether oxygens (including phenoxy) is 1. The Bertz CT molecular complexity index is 699. The van der Waals surface area contributed by atoms with Gasteiger partial charge in [0.05, 0.1) is 13.2 Å². The lowest BCUT2D eigenvalue weighted by Crippen LogP contribution is -2.39. The molecular weight excluding hydrogens is 314 g/mol. The van der Waals surface area contributed by atoms with Crippen LogP contribution in [0.1, 0.15) is 17.0 Å². The molecule has 0 radical (unpaired) electrons. The summed E-state index contributed by atoms with van der Waals surface area (Å²) < 4.78 is 5.48. The Balaban J connectivity index is 1.49. The van der Waals surface area contributed by atoms with E-state index in [1.165, 1.54) is 11.3 Å². The molecule has 1 saturated heterocycles. The van der Waals surface area contributed by atoms with Gasteiger partial charge in [-0.2, -0.15) is 0 Å². The van der Waals surface area contributed by atoms with E-state index in [0.717, 1.165) is 51.5 Å². The first-order valence-corrected chi connectivity index (χ1v) is 8.96. The van der Waals surface area contributed by atoms with Crippen LogP contribution in [-0.4, -0.2) is 61.3 Å². The van der Waals surface area contributed by atoms with Gasteiger partial charge in [0.2, 0.25) is 5.95 Å². The lowest BCUT2D eigenvalue weighted by Gasteiger charge is -2.29. The smallest absolute Gasteiger partial charge is 0.222 e. The van der Waals surface area contributed by atoms with Crippen LogP contribution < -0.4 is 10.2 Å². The predicted molar refractivity (Wildman–Crippen MR) is 99.1 cm³/mol. The van der Waals surface area contributed by atoms with Crippen LogP contribution in [0.2, 0.25) is 0 Å². The van der Waals surface area contributed by atoms with Crippen LogP contribution in [-0.2, 0) is 11.3 Å². The standard InChI is InChI=1S/C19H25N5O/c1-20-19-21-10-15(11-22-19)12-24-14-16(13-23-6-8-25-9-7-23)17-4-2-3-5-18(17)24/h2-5,10-11,16H,6-9,12-14H2,1H3,(H,20,21,22). The molecular formula is C19H25N5O. The Morgan fingerprint density at radius 3 is 2.68 bits per heavy atom. The van der Waals surface area contributed by atoms with Gasteiger partial charge < -0.3 is 15.0 Å². The Labute approximate surface area is 148 Å². The van der Waals surface area contributed by atoms with Crippen LogP contribution in [0.25, 0.3) is 0 Å². The molecule has 3 heterocycles. The highest BCUT2D eigenvalue weighted by molar-refractivity contribution is 5.60. The Kier molecular flexibility index (Phi) is 4.81. The molecule has 1 fully saturated rings. The number of fused-ring (bicyclic) bond motifs is 1. The quantitative estimate of drug-likeness (QED) is 0.899. The van der Waals surface area contributed by atoms with E-state index >= 15 is 0 Å². The number of hydrogen-bond acceptors (Lipinski definition) is 6. The third-order valence-corrected chi connectivity index (χ3v) is 5.04. The minimum Gasteiger partial charge on any atom is -0.379 e. The molecule has 25 heavy (non-hydrogen) atoms. The van der Waals surface area contributed by atoms with Crippen molar-refractivity contribution < 1.29 is 4.74 Å². The van der Waals surface area contributed by atoms with Gasteiger partial charge in [-0.25, -0.2) is 9.97 Å². The molecule has 0 bridgehead atoms. The van der Waals surface area contributed by atoms with Crippen LogP contribution in [0, 0.1) is 0 Å². The fourth-order valence-corrected chi connectivity index (χ4v) is 3.77. The van der Waals surface area contributed by atoms with Crippen LogP contribution in [0.15, 0.2) is 36.7 Å². The number of nitrogens with one attached hydrogen (secondary N) is 1. The number of hydrogen-bond donors (Lipinski definition) is 1. The van der Waals surface area contributed by atoms with Crippen molar-refractivity contribution in [3.63, 3.8) is 0 Å². The van der Waals surface area contributed by atoms with E-state index < -0.39 is 0 Å². The third-order valence-electron chi connectivity index (χ3n) is 5.04. The number of nitrogens with zero attached hydrogens (tertiary/aromatic N) is 4. The van der Waals surface area contributed by atoms with Crippen LogP contribution >= 0.6 is 0 Å². The van der Waals surface area contributed by atoms with Crippen LogP contribution in [0.5, 0.6) is 0 Å². The topological polar surface area (TPSA) is 53.5 Å². The predicted octanol–water partition coefficient (Wildman–Crippen LogP) is 1.95. The molecule has 2 aliphatic heterocycles. The molecule has 0 amide bonds. The Morgan fingerprint density at radius 1 is 1.16 bits per heavy atom. The molecule has 0 aliphatic carbocycles. The molecule has 1 aromatic heterocycles. The third kappa shape index (κ3) is 3.60. The molecule has 4 rings (SSSR count). The number of aromatic nitrogens is 2. The zero-order valence-electron chi connectivity index (χ0n) is 14.7. The van der Waals surface area contributed by atoms with Crippen LogP contribution in [0.4, 0.5) is 11.6 Å². The van der Waals surface area contributed by atoms with Crippen LogP contribution in [0.3, 0.4) is 0 Å². The van der Waals surface area contributed by atoms with Gasteiger partial charge in [-0.1, -0.05) is 18.2 Å². The summed E-state index contributed by atoms with van der Waals surface area (Å²) in [6.45, 7) is 6.79. The van der Waals surface area contributed by atoms with Crippen molar-refractivity contribution in [1.82, 2.24) is 14.9 Å². The lowest BCUT2D eigenvalue weighted by atomic mass is 10.0. The molecule has 1 unspecified atom stereocenters. The summed E-state index contributed by atoms with van der Waals surface area (Å²) in [7, 11) is 1.84. The van der Waals surface area contributed by atoms with E-state index in [1.54, 1.807) is 0 Å². The molecule has 1 aromatic carbocycles. The highest BCUT2D eigenvalue weighted by Gasteiger charge is 2.30. The van der Waals surface area contributed by atoms with E-state index in [4.69, 9.17) is 4.74 Å². The first-order valence-electron chi connectivity index (χ1n) is 8.96. The van der Waals surface area contributed by atoms with Crippen molar-refractivity contribution in [2.24, 2.45) is 0 Å². The summed E-state index contributed by atoms with van der Waals surface area (Å²) in [6, 6.07) is 8.79. The average Bonchev–Trinajstić information content (AvgIpc) is 3.01. The highest BCUT2D eigenvalue weighted by atomic mass is 16.5. The summed E-state index contributed by atoms with van der Waals surface area (Å²) >= 11 is 0. The monoisotopic (exact) mass is 339 g/mol. The van der Waals surface area contributed by atoms with Gasteiger partial charge in [-0.05, 0) is 11.6 Å². The summed E-state index contributed by atoms with van der Waals surface area (Å²) in [5.41, 5.74) is 3.95. The van der Waals surface area contributed by atoms with Gasteiger partial charge in [-0.15, -0.1) is 0 Å². The summed E-state index contributed by atoms with van der Waals surface area (Å²) in [4.78, 5) is 13.7. The minimum atomic E-state index is 0.548. The second-order valence-electron chi connectivity index (χ2n) is 6.71. The second kappa shape index (κ2) is 7.37. The number of benzene rings is 1. The summed E-state index contributed by atoms with van der Waals surface area (Å²) in [5.74, 6) is 1.21. The first kappa shape index (κ1) is 16.3. The number of rotatable bonds is 5. The van der Waals surface area contributed by atoms with Gasteiger partial charge >= 0.3 is 0 Å². The van der Waals surface area contributed by atoms with Gasteiger partial charge in [0.15, 0.2) is 0 Å². The van der Waals surface area contributed by atoms with E-state index in [1.807, 2.05) is 19.4 Å². The zero-order valence-corrected chi connectivity index (χ0v) is 14.7. The molecule has 1 N–H and O–H groups in total. The molecule has 6 heteroatoms. The number of morpholine rings is 1. The fraction of sp³-hybridized carbons (Fsp3) is 0.474. The van der Waals surface area contributed by atoms with Crippen molar-refractivity contribution >= 4 is 11.6 Å².